The summed E-state index contributed by atoms with van der Waals surface area (Å²) in [6.07, 6.45) is 7.16. The fourth-order valence-corrected chi connectivity index (χ4v) is 7.19. The SMILES string of the molecule is CCCCS(=O)(=O)NC1CCC(CCN2CCN(c3nsc4ccccc34)CC2)CC1. The summed E-state index contributed by atoms with van der Waals surface area (Å²) in [4.78, 5) is 5.02. The van der Waals surface area contributed by atoms with Crippen LogP contribution in [-0.4, -0.2) is 62.2 Å². The summed E-state index contributed by atoms with van der Waals surface area (Å²) in [5.74, 6) is 2.16. The summed E-state index contributed by atoms with van der Waals surface area (Å²) in [5.41, 5.74) is 0. The van der Waals surface area contributed by atoms with Crippen LogP contribution in [0.4, 0.5) is 5.82 Å². The van der Waals surface area contributed by atoms with E-state index in [1.807, 2.05) is 6.92 Å². The van der Waals surface area contributed by atoms with E-state index in [4.69, 9.17) is 4.37 Å². The Morgan fingerprint density at radius 1 is 1.10 bits per heavy atom. The number of sulfonamides is 1. The number of unbranched alkanes of at least 4 members (excludes halogenated alkanes) is 1. The molecule has 1 N–H and O–H groups in total. The van der Waals surface area contributed by atoms with Crippen molar-refractivity contribution < 1.29 is 8.42 Å². The van der Waals surface area contributed by atoms with Crippen molar-refractivity contribution in [3.05, 3.63) is 24.3 Å². The van der Waals surface area contributed by atoms with E-state index in [-0.39, 0.29) is 11.8 Å². The first-order valence-corrected chi connectivity index (χ1v) is 14.3. The monoisotopic (exact) mass is 464 g/mol. The van der Waals surface area contributed by atoms with E-state index in [1.54, 1.807) is 11.5 Å². The van der Waals surface area contributed by atoms with Gasteiger partial charge < -0.3 is 4.90 Å². The number of fused-ring (bicyclic) bond motifs is 1. The third kappa shape index (κ3) is 6.18. The molecule has 1 aliphatic heterocycles. The first-order valence-electron chi connectivity index (χ1n) is 11.9. The zero-order chi connectivity index (χ0) is 21.7. The van der Waals surface area contributed by atoms with Crippen LogP contribution in [0.5, 0.6) is 0 Å². The Hall–Kier alpha value is -1.22. The van der Waals surface area contributed by atoms with E-state index >= 15 is 0 Å². The number of hydrogen-bond donors (Lipinski definition) is 1. The molecule has 6 nitrogen and oxygen atoms in total. The van der Waals surface area contributed by atoms with E-state index in [1.165, 1.54) is 16.5 Å². The van der Waals surface area contributed by atoms with Gasteiger partial charge in [0.05, 0.1) is 10.5 Å². The predicted molar refractivity (Wildman–Crippen MR) is 130 cm³/mol. The Morgan fingerprint density at radius 2 is 1.84 bits per heavy atom. The molecule has 0 bridgehead atoms. The van der Waals surface area contributed by atoms with Gasteiger partial charge in [0.1, 0.15) is 5.82 Å². The van der Waals surface area contributed by atoms with Crippen molar-refractivity contribution in [1.82, 2.24) is 14.0 Å². The van der Waals surface area contributed by atoms with E-state index in [9.17, 15) is 8.42 Å². The summed E-state index contributed by atoms with van der Waals surface area (Å²) < 4.78 is 33.2. The molecule has 0 atom stereocenters. The molecule has 172 valence electrons. The third-order valence-electron chi connectivity index (χ3n) is 6.84. The fourth-order valence-electron chi connectivity index (χ4n) is 4.87. The van der Waals surface area contributed by atoms with Crippen LogP contribution in [0.15, 0.2) is 24.3 Å². The van der Waals surface area contributed by atoms with E-state index < -0.39 is 10.0 Å². The van der Waals surface area contributed by atoms with Crippen molar-refractivity contribution in [2.24, 2.45) is 5.92 Å². The van der Waals surface area contributed by atoms with Gasteiger partial charge in [-0.25, -0.2) is 13.1 Å². The van der Waals surface area contributed by atoms with Crippen LogP contribution in [0.1, 0.15) is 51.9 Å². The maximum absolute atomic E-state index is 12.1. The molecule has 2 aromatic rings. The largest absolute Gasteiger partial charge is 0.353 e. The van der Waals surface area contributed by atoms with Crippen LogP contribution >= 0.6 is 11.5 Å². The van der Waals surface area contributed by atoms with E-state index in [0.29, 0.717) is 0 Å². The third-order valence-corrected chi connectivity index (χ3v) is 9.18. The average molecular weight is 465 g/mol. The smallest absolute Gasteiger partial charge is 0.211 e. The van der Waals surface area contributed by atoms with Gasteiger partial charge in [0.15, 0.2) is 0 Å². The van der Waals surface area contributed by atoms with Crippen molar-refractivity contribution in [3.63, 3.8) is 0 Å². The van der Waals surface area contributed by atoms with Gasteiger partial charge in [0, 0.05) is 37.6 Å². The van der Waals surface area contributed by atoms with Crippen molar-refractivity contribution in [2.75, 3.05) is 43.4 Å². The highest BCUT2D eigenvalue weighted by molar-refractivity contribution is 7.89. The molecule has 1 saturated carbocycles. The lowest BCUT2D eigenvalue weighted by molar-refractivity contribution is 0.214. The van der Waals surface area contributed by atoms with Crippen molar-refractivity contribution >= 4 is 37.5 Å². The summed E-state index contributed by atoms with van der Waals surface area (Å²) in [7, 11) is -3.10. The zero-order valence-corrected chi connectivity index (χ0v) is 20.3. The fraction of sp³-hybridized carbons (Fsp3) is 0.696. The Kier molecular flexibility index (Phi) is 7.85. The molecule has 0 spiro atoms. The first-order chi connectivity index (χ1) is 15.0. The van der Waals surface area contributed by atoms with Gasteiger partial charge in [-0.2, -0.15) is 4.37 Å². The van der Waals surface area contributed by atoms with Crippen LogP contribution in [0, 0.1) is 5.92 Å². The van der Waals surface area contributed by atoms with Gasteiger partial charge in [-0.1, -0.05) is 25.5 Å². The minimum atomic E-state index is -3.10. The Labute approximate surface area is 191 Å². The molecule has 1 saturated heterocycles. The summed E-state index contributed by atoms with van der Waals surface area (Å²) in [6.45, 7) is 7.46. The second-order valence-electron chi connectivity index (χ2n) is 9.13. The maximum Gasteiger partial charge on any atom is 0.211 e. The van der Waals surface area contributed by atoms with Crippen molar-refractivity contribution in [1.29, 1.82) is 0 Å². The lowest BCUT2D eigenvalue weighted by Crippen LogP contribution is -2.47. The molecular weight excluding hydrogens is 428 g/mol. The van der Waals surface area contributed by atoms with Gasteiger partial charge in [-0.3, -0.25) is 4.90 Å². The lowest BCUT2D eigenvalue weighted by Gasteiger charge is -2.36. The number of rotatable bonds is 9. The highest BCUT2D eigenvalue weighted by atomic mass is 32.2. The molecule has 0 radical (unpaired) electrons. The summed E-state index contributed by atoms with van der Waals surface area (Å²) in [5, 5.41) is 1.28. The normalized spacial score (nSPS) is 23.5. The molecule has 31 heavy (non-hydrogen) atoms. The van der Waals surface area contributed by atoms with Gasteiger partial charge in [-0.05, 0) is 74.7 Å². The minimum Gasteiger partial charge on any atom is -0.353 e. The molecule has 1 aliphatic carbocycles. The van der Waals surface area contributed by atoms with Gasteiger partial charge in [0.25, 0.3) is 0 Å². The number of nitrogens with zero attached hydrogens (tertiary/aromatic N) is 3. The van der Waals surface area contributed by atoms with Crippen LogP contribution in [0.25, 0.3) is 10.1 Å². The molecule has 0 amide bonds. The minimum absolute atomic E-state index is 0.148. The zero-order valence-electron chi connectivity index (χ0n) is 18.6. The Balaban J connectivity index is 1.16. The quantitative estimate of drug-likeness (QED) is 0.606. The predicted octanol–water partition coefficient (Wildman–Crippen LogP) is 4.09. The van der Waals surface area contributed by atoms with Gasteiger partial charge >= 0.3 is 0 Å². The summed E-state index contributed by atoms with van der Waals surface area (Å²) in [6, 6.07) is 8.66. The van der Waals surface area contributed by atoms with E-state index in [2.05, 4.69) is 38.8 Å². The summed E-state index contributed by atoms with van der Waals surface area (Å²) >= 11 is 1.60. The molecule has 2 fully saturated rings. The Bertz CT molecular complexity index is 930. The van der Waals surface area contributed by atoms with Gasteiger partial charge in [0.2, 0.25) is 10.0 Å². The number of anilines is 1. The second-order valence-corrected chi connectivity index (χ2v) is 11.8. The van der Waals surface area contributed by atoms with Crippen molar-refractivity contribution in [3.8, 4) is 0 Å². The van der Waals surface area contributed by atoms with Crippen LogP contribution in [-0.2, 0) is 10.0 Å². The average Bonchev–Trinajstić information content (AvgIpc) is 3.22. The highest BCUT2D eigenvalue weighted by Gasteiger charge is 2.26. The standard InChI is InChI=1S/C23H36N4O2S2/c1-2-3-18-31(28,29)25-20-10-8-19(9-11-20)12-13-26-14-16-27(17-15-26)23-21-6-4-5-7-22(21)30-24-23/h4-7,19-20,25H,2-3,8-18H2,1H3. The number of hydrogen-bond acceptors (Lipinski definition) is 6. The molecule has 2 heterocycles. The molecule has 8 heteroatoms. The molecule has 4 rings (SSSR count). The number of aromatic nitrogens is 1. The Morgan fingerprint density at radius 3 is 2.58 bits per heavy atom. The second kappa shape index (κ2) is 10.6. The lowest BCUT2D eigenvalue weighted by atomic mass is 9.84. The molecule has 2 aliphatic rings. The number of benzene rings is 1. The first kappa shape index (κ1) is 23.0. The maximum atomic E-state index is 12.1. The highest BCUT2D eigenvalue weighted by Crippen LogP contribution is 2.30. The van der Waals surface area contributed by atoms with Crippen LogP contribution in [0.2, 0.25) is 0 Å². The van der Waals surface area contributed by atoms with Gasteiger partial charge in [-0.15, -0.1) is 0 Å². The molecule has 1 aromatic heterocycles. The van der Waals surface area contributed by atoms with Crippen molar-refractivity contribution in [2.45, 2.75) is 57.9 Å². The van der Waals surface area contributed by atoms with E-state index in [0.717, 1.165) is 83.0 Å². The molecule has 0 unspecified atom stereocenters. The topological polar surface area (TPSA) is 65.5 Å². The molecule has 1 aromatic carbocycles. The number of piperazine rings is 1. The van der Waals surface area contributed by atoms with Crippen LogP contribution in [0.3, 0.4) is 0 Å². The number of nitrogens with one attached hydrogen (secondary N) is 1. The molecular formula is C23H36N4O2S2. The van der Waals surface area contributed by atoms with Crippen LogP contribution < -0.4 is 9.62 Å².